The number of carbonyl (C=O) groups excluding carboxylic acids is 1. The summed E-state index contributed by atoms with van der Waals surface area (Å²) in [7, 11) is 0. The highest BCUT2D eigenvalue weighted by atomic mass is 16.1. The van der Waals surface area contributed by atoms with Crippen molar-refractivity contribution in [1.29, 1.82) is 5.26 Å². The molecule has 1 N–H and O–H groups in total. The first-order valence-corrected chi connectivity index (χ1v) is 5.10. The van der Waals surface area contributed by atoms with Gasteiger partial charge in [0, 0.05) is 12.4 Å². The van der Waals surface area contributed by atoms with Crippen molar-refractivity contribution in [3.05, 3.63) is 24.3 Å². The second-order valence-electron chi connectivity index (χ2n) is 3.88. The molecule has 84 valence electrons. The van der Waals surface area contributed by atoms with E-state index < -0.39 is 6.04 Å². The lowest BCUT2D eigenvalue weighted by atomic mass is 10.0. The molecule has 0 spiro atoms. The third-order valence-corrected chi connectivity index (χ3v) is 1.96. The van der Waals surface area contributed by atoms with Gasteiger partial charge in [0.05, 0.1) is 12.3 Å². The molecule has 0 saturated carbocycles. The van der Waals surface area contributed by atoms with Crippen LogP contribution in [0.25, 0.3) is 0 Å². The number of carbonyl (C=O) groups is 1. The van der Waals surface area contributed by atoms with Crippen LogP contribution in [0.4, 0.5) is 0 Å². The van der Waals surface area contributed by atoms with E-state index in [1.807, 2.05) is 13.8 Å². The molecule has 1 unspecified atom stereocenters. The van der Waals surface area contributed by atoms with E-state index in [9.17, 15) is 4.79 Å². The van der Waals surface area contributed by atoms with Crippen molar-refractivity contribution < 1.29 is 4.79 Å². The van der Waals surface area contributed by atoms with Crippen LogP contribution in [-0.2, 0) is 0 Å². The third-order valence-electron chi connectivity index (χ3n) is 1.96. The summed E-state index contributed by atoms with van der Waals surface area (Å²) in [5.41, 5.74) is 0.228. The molecule has 1 heterocycles. The highest BCUT2D eigenvalue weighted by Crippen LogP contribution is 2.04. The predicted octanol–water partition coefficient (Wildman–Crippen LogP) is 1.14. The molecular weight excluding hydrogens is 204 g/mol. The minimum Gasteiger partial charge on any atom is -0.335 e. The first-order chi connectivity index (χ1) is 7.63. The number of nitrogens with one attached hydrogen (secondary N) is 1. The van der Waals surface area contributed by atoms with Crippen LogP contribution in [0.5, 0.6) is 0 Å². The van der Waals surface area contributed by atoms with E-state index in [4.69, 9.17) is 5.26 Å². The van der Waals surface area contributed by atoms with Gasteiger partial charge in [0.2, 0.25) is 0 Å². The number of rotatable bonds is 4. The van der Waals surface area contributed by atoms with Crippen molar-refractivity contribution in [3.8, 4) is 6.07 Å². The quantitative estimate of drug-likeness (QED) is 0.822. The fourth-order valence-electron chi connectivity index (χ4n) is 1.26. The molecule has 0 aliphatic carbocycles. The van der Waals surface area contributed by atoms with E-state index in [0.717, 1.165) is 0 Å². The zero-order valence-electron chi connectivity index (χ0n) is 9.34. The summed E-state index contributed by atoms with van der Waals surface area (Å²) >= 11 is 0. The lowest BCUT2D eigenvalue weighted by Gasteiger charge is -2.12. The molecule has 0 fully saturated rings. The molecule has 0 aliphatic rings. The van der Waals surface area contributed by atoms with Gasteiger partial charge < -0.3 is 5.32 Å². The molecule has 0 aliphatic heterocycles. The highest BCUT2D eigenvalue weighted by Gasteiger charge is 2.15. The topological polar surface area (TPSA) is 78.7 Å². The fourth-order valence-corrected chi connectivity index (χ4v) is 1.26. The fraction of sp³-hybridized carbons (Fsp3) is 0.455. The summed E-state index contributed by atoms with van der Waals surface area (Å²) in [4.78, 5) is 19.3. The zero-order chi connectivity index (χ0) is 12.0. The molecule has 1 aromatic rings. The van der Waals surface area contributed by atoms with Crippen molar-refractivity contribution in [2.45, 2.75) is 26.3 Å². The largest absolute Gasteiger partial charge is 0.335 e. The van der Waals surface area contributed by atoms with Gasteiger partial charge in [0.15, 0.2) is 0 Å². The number of hydrogen-bond acceptors (Lipinski definition) is 4. The molecule has 5 heteroatoms. The molecule has 1 aromatic heterocycles. The Labute approximate surface area is 94.5 Å². The maximum absolute atomic E-state index is 11.6. The van der Waals surface area contributed by atoms with Crippen LogP contribution < -0.4 is 5.32 Å². The van der Waals surface area contributed by atoms with Gasteiger partial charge in [-0.1, -0.05) is 13.8 Å². The van der Waals surface area contributed by atoms with Gasteiger partial charge in [-0.15, -0.1) is 0 Å². The molecule has 16 heavy (non-hydrogen) atoms. The van der Waals surface area contributed by atoms with Gasteiger partial charge in [0.25, 0.3) is 5.91 Å². The van der Waals surface area contributed by atoms with Crippen molar-refractivity contribution >= 4 is 5.91 Å². The van der Waals surface area contributed by atoms with Crippen molar-refractivity contribution in [1.82, 2.24) is 15.3 Å². The smallest absolute Gasteiger partial charge is 0.272 e. The Morgan fingerprint density at radius 3 is 2.81 bits per heavy atom. The van der Waals surface area contributed by atoms with E-state index in [1.165, 1.54) is 18.6 Å². The van der Waals surface area contributed by atoms with E-state index in [-0.39, 0.29) is 11.6 Å². The van der Waals surface area contributed by atoms with Crippen LogP contribution >= 0.6 is 0 Å². The van der Waals surface area contributed by atoms with Crippen molar-refractivity contribution in [2.75, 3.05) is 0 Å². The molecule has 1 rings (SSSR count). The molecule has 0 radical (unpaired) electrons. The van der Waals surface area contributed by atoms with Gasteiger partial charge in [-0.25, -0.2) is 4.98 Å². The Morgan fingerprint density at radius 2 is 2.31 bits per heavy atom. The average molecular weight is 218 g/mol. The van der Waals surface area contributed by atoms with Crippen molar-refractivity contribution in [2.24, 2.45) is 5.92 Å². The molecule has 0 bridgehead atoms. The maximum atomic E-state index is 11.6. The van der Waals surface area contributed by atoms with Crippen LogP contribution in [0, 0.1) is 17.2 Å². The molecule has 1 atom stereocenters. The number of aromatic nitrogens is 2. The summed E-state index contributed by atoms with van der Waals surface area (Å²) in [6.45, 7) is 4.00. The molecular formula is C11H14N4O. The van der Waals surface area contributed by atoms with E-state index in [2.05, 4.69) is 21.4 Å². The van der Waals surface area contributed by atoms with Gasteiger partial charge in [-0.2, -0.15) is 5.26 Å². The maximum Gasteiger partial charge on any atom is 0.272 e. The lowest BCUT2D eigenvalue weighted by molar-refractivity contribution is 0.0936. The Hall–Kier alpha value is -1.96. The molecule has 5 nitrogen and oxygen atoms in total. The number of nitriles is 1. The predicted molar refractivity (Wildman–Crippen MR) is 58.4 cm³/mol. The first-order valence-electron chi connectivity index (χ1n) is 5.10. The lowest BCUT2D eigenvalue weighted by Crippen LogP contribution is -2.35. The number of amides is 1. The Kier molecular flexibility index (Phi) is 4.40. The Balaban J connectivity index is 2.60. The van der Waals surface area contributed by atoms with Gasteiger partial charge in [-0.3, -0.25) is 9.78 Å². The summed E-state index contributed by atoms with van der Waals surface area (Å²) in [5, 5.41) is 11.5. The minimum absolute atomic E-state index is 0.228. The average Bonchev–Trinajstić information content (AvgIpc) is 2.28. The van der Waals surface area contributed by atoms with Gasteiger partial charge in [0.1, 0.15) is 11.7 Å². The number of hydrogen-bond donors (Lipinski definition) is 1. The van der Waals surface area contributed by atoms with Gasteiger partial charge in [-0.05, 0) is 12.3 Å². The van der Waals surface area contributed by atoms with Crippen LogP contribution in [0.1, 0.15) is 30.8 Å². The molecule has 0 saturated heterocycles. The standard InChI is InChI=1S/C11H14N4O/c1-8(2)5-9(6-12)15-11(16)10-7-13-3-4-14-10/h3-4,7-9H,5H2,1-2H3,(H,15,16). The zero-order valence-corrected chi connectivity index (χ0v) is 9.34. The van der Waals surface area contributed by atoms with E-state index >= 15 is 0 Å². The van der Waals surface area contributed by atoms with Crippen LogP contribution in [0.2, 0.25) is 0 Å². The SMILES string of the molecule is CC(C)CC(C#N)NC(=O)c1cnccn1. The monoisotopic (exact) mass is 218 g/mol. The first kappa shape index (κ1) is 12.1. The van der Waals surface area contributed by atoms with Crippen molar-refractivity contribution in [3.63, 3.8) is 0 Å². The second kappa shape index (κ2) is 5.81. The summed E-state index contributed by atoms with van der Waals surface area (Å²) in [5.74, 6) is -0.00731. The number of nitrogens with zero attached hydrogens (tertiary/aromatic N) is 3. The van der Waals surface area contributed by atoms with Crippen LogP contribution in [-0.4, -0.2) is 21.9 Å². The molecule has 1 amide bonds. The molecule has 0 aromatic carbocycles. The summed E-state index contributed by atoms with van der Waals surface area (Å²) in [6, 6.07) is 1.58. The Morgan fingerprint density at radius 1 is 1.56 bits per heavy atom. The van der Waals surface area contributed by atoms with Crippen LogP contribution in [0.15, 0.2) is 18.6 Å². The third kappa shape index (κ3) is 3.65. The summed E-state index contributed by atoms with van der Waals surface area (Å²) < 4.78 is 0. The highest BCUT2D eigenvalue weighted by molar-refractivity contribution is 5.92. The summed E-state index contributed by atoms with van der Waals surface area (Å²) in [6.07, 6.45) is 4.94. The van der Waals surface area contributed by atoms with Gasteiger partial charge >= 0.3 is 0 Å². The van der Waals surface area contributed by atoms with E-state index in [1.54, 1.807) is 0 Å². The minimum atomic E-state index is -0.477. The Bertz CT molecular complexity index is 383. The van der Waals surface area contributed by atoms with E-state index in [0.29, 0.717) is 12.3 Å². The normalized spacial score (nSPS) is 11.9. The van der Waals surface area contributed by atoms with Crippen LogP contribution in [0.3, 0.4) is 0 Å². The second-order valence-corrected chi connectivity index (χ2v) is 3.88.